The molecular weight excluding hydrogens is 222 g/mol. The van der Waals surface area contributed by atoms with Gasteiger partial charge in [0.25, 0.3) is 0 Å². The molecule has 1 rings (SSSR count). The van der Waals surface area contributed by atoms with Crippen molar-refractivity contribution in [3.63, 3.8) is 0 Å². The fraction of sp³-hybridized carbons (Fsp3) is 0.273. The molecule has 1 heterocycles. The van der Waals surface area contributed by atoms with Crippen LogP contribution >= 0.6 is 0 Å². The van der Waals surface area contributed by atoms with Crippen LogP contribution in [0.5, 0.6) is 0 Å². The molecular formula is C11H13N3O3. The van der Waals surface area contributed by atoms with Crippen LogP contribution in [0.4, 0.5) is 4.79 Å². The molecule has 0 aromatic carbocycles. The first-order valence-electron chi connectivity index (χ1n) is 4.90. The van der Waals surface area contributed by atoms with Crippen LogP contribution < -0.4 is 0 Å². The van der Waals surface area contributed by atoms with Crippen molar-refractivity contribution in [3.8, 4) is 0 Å². The lowest BCUT2D eigenvalue weighted by atomic mass is 10.2. The van der Waals surface area contributed by atoms with Gasteiger partial charge in [-0.25, -0.2) is 4.79 Å². The predicted octanol–water partition coefficient (Wildman–Crippen LogP) is 1.42. The molecule has 2 amide bonds. The smallest absolute Gasteiger partial charge is 0.437 e. The number of hydrogen-bond donors (Lipinski definition) is 0. The maximum absolute atomic E-state index is 11.3. The number of ether oxygens (including phenoxy) is 1. The summed E-state index contributed by atoms with van der Waals surface area (Å²) in [6.45, 7) is 2.93. The van der Waals surface area contributed by atoms with Gasteiger partial charge in [0.2, 0.25) is 5.91 Å². The van der Waals surface area contributed by atoms with Crippen molar-refractivity contribution in [2.75, 3.05) is 7.11 Å². The standard InChI is InChI=1S/C11H13N3O3/c1-8(10-4-6-12-7-5-10)13-14(9(2)15)11(16)17-3/h4-7H,1-3H3. The largest absolute Gasteiger partial charge is 0.451 e. The van der Waals surface area contributed by atoms with E-state index in [9.17, 15) is 9.59 Å². The fourth-order valence-electron chi connectivity index (χ4n) is 1.13. The lowest BCUT2D eigenvalue weighted by molar-refractivity contribution is -0.127. The van der Waals surface area contributed by atoms with E-state index in [2.05, 4.69) is 14.8 Å². The van der Waals surface area contributed by atoms with E-state index in [-0.39, 0.29) is 0 Å². The molecule has 0 fully saturated rings. The first-order chi connectivity index (χ1) is 8.06. The van der Waals surface area contributed by atoms with Gasteiger partial charge in [0.1, 0.15) is 0 Å². The Morgan fingerprint density at radius 3 is 2.35 bits per heavy atom. The van der Waals surface area contributed by atoms with E-state index in [4.69, 9.17) is 0 Å². The molecule has 0 aliphatic rings. The number of imide groups is 1. The van der Waals surface area contributed by atoms with Gasteiger partial charge in [-0.3, -0.25) is 9.78 Å². The highest BCUT2D eigenvalue weighted by atomic mass is 16.5. The van der Waals surface area contributed by atoms with Crippen LogP contribution in [0.25, 0.3) is 0 Å². The number of aromatic nitrogens is 1. The molecule has 0 spiro atoms. The van der Waals surface area contributed by atoms with Crippen molar-refractivity contribution in [2.24, 2.45) is 5.10 Å². The monoisotopic (exact) mass is 235 g/mol. The Balaban J connectivity index is 2.99. The Kier molecular flexibility index (Phi) is 4.33. The first-order valence-corrected chi connectivity index (χ1v) is 4.90. The van der Waals surface area contributed by atoms with Crippen molar-refractivity contribution < 1.29 is 14.3 Å². The predicted molar refractivity (Wildman–Crippen MR) is 61.4 cm³/mol. The van der Waals surface area contributed by atoms with Crippen LogP contribution in [-0.2, 0) is 9.53 Å². The van der Waals surface area contributed by atoms with Crippen LogP contribution in [0.15, 0.2) is 29.6 Å². The highest BCUT2D eigenvalue weighted by molar-refractivity contribution is 6.01. The Hall–Kier alpha value is -2.24. The molecule has 17 heavy (non-hydrogen) atoms. The second-order valence-corrected chi connectivity index (χ2v) is 3.22. The number of carbonyl (C=O) groups excluding carboxylic acids is 2. The topological polar surface area (TPSA) is 71.9 Å². The van der Waals surface area contributed by atoms with Gasteiger partial charge in [0, 0.05) is 24.9 Å². The minimum atomic E-state index is -0.814. The molecule has 90 valence electrons. The highest BCUT2D eigenvalue weighted by Gasteiger charge is 2.18. The summed E-state index contributed by atoms with van der Waals surface area (Å²) in [5.74, 6) is -0.509. The molecule has 0 saturated heterocycles. The number of pyridine rings is 1. The Morgan fingerprint density at radius 1 is 1.29 bits per heavy atom. The molecule has 0 unspecified atom stereocenters. The van der Waals surface area contributed by atoms with E-state index in [1.807, 2.05) is 0 Å². The number of methoxy groups -OCH3 is 1. The molecule has 0 aliphatic heterocycles. The molecule has 0 saturated carbocycles. The molecule has 1 aromatic rings. The third-order valence-electron chi connectivity index (χ3n) is 1.99. The maximum atomic E-state index is 11.3. The number of carbonyl (C=O) groups is 2. The van der Waals surface area contributed by atoms with Gasteiger partial charge in [0.05, 0.1) is 12.8 Å². The molecule has 0 radical (unpaired) electrons. The summed E-state index contributed by atoms with van der Waals surface area (Å²) in [7, 11) is 1.19. The Morgan fingerprint density at radius 2 is 1.88 bits per heavy atom. The quantitative estimate of drug-likeness (QED) is 0.574. The maximum Gasteiger partial charge on any atom is 0.437 e. The van der Waals surface area contributed by atoms with Crippen molar-refractivity contribution in [1.29, 1.82) is 0 Å². The fourth-order valence-corrected chi connectivity index (χ4v) is 1.13. The van der Waals surface area contributed by atoms with Crippen molar-refractivity contribution in [2.45, 2.75) is 13.8 Å². The summed E-state index contributed by atoms with van der Waals surface area (Å²) in [5.41, 5.74) is 1.29. The van der Waals surface area contributed by atoms with E-state index in [1.54, 1.807) is 31.5 Å². The lowest BCUT2D eigenvalue weighted by Gasteiger charge is -2.12. The number of nitrogens with zero attached hydrogens (tertiary/aromatic N) is 3. The molecule has 6 heteroatoms. The van der Waals surface area contributed by atoms with Crippen LogP contribution in [-0.4, -0.2) is 34.8 Å². The summed E-state index contributed by atoms with van der Waals surface area (Å²) >= 11 is 0. The van der Waals surface area contributed by atoms with E-state index >= 15 is 0 Å². The summed E-state index contributed by atoms with van der Waals surface area (Å²) in [4.78, 5) is 26.4. The molecule has 6 nitrogen and oxygen atoms in total. The molecule has 0 atom stereocenters. The van der Waals surface area contributed by atoms with Gasteiger partial charge in [0.15, 0.2) is 0 Å². The molecule has 0 bridgehead atoms. The number of hydrazone groups is 1. The van der Waals surface area contributed by atoms with Gasteiger partial charge >= 0.3 is 6.09 Å². The van der Waals surface area contributed by atoms with E-state index in [0.717, 1.165) is 5.56 Å². The zero-order valence-corrected chi connectivity index (χ0v) is 9.88. The lowest BCUT2D eigenvalue weighted by Crippen LogP contribution is -2.31. The highest BCUT2D eigenvalue weighted by Crippen LogP contribution is 2.03. The Labute approximate surface area is 98.9 Å². The molecule has 0 aliphatic carbocycles. The van der Waals surface area contributed by atoms with E-state index in [0.29, 0.717) is 10.7 Å². The minimum Gasteiger partial charge on any atom is -0.451 e. The number of amides is 2. The second kappa shape index (κ2) is 5.74. The molecule has 0 N–H and O–H groups in total. The van der Waals surface area contributed by atoms with Crippen LogP contribution in [0, 0.1) is 0 Å². The van der Waals surface area contributed by atoms with Crippen LogP contribution in [0.1, 0.15) is 19.4 Å². The van der Waals surface area contributed by atoms with Gasteiger partial charge in [-0.1, -0.05) is 0 Å². The van der Waals surface area contributed by atoms with Gasteiger partial charge in [-0.2, -0.15) is 5.10 Å². The van der Waals surface area contributed by atoms with Crippen LogP contribution in [0.3, 0.4) is 0 Å². The zero-order chi connectivity index (χ0) is 12.8. The van der Waals surface area contributed by atoms with Gasteiger partial charge in [-0.15, -0.1) is 5.01 Å². The number of rotatable bonds is 2. The summed E-state index contributed by atoms with van der Waals surface area (Å²) in [5, 5.41) is 4.59. The first kappa shape index (κ1) is 12.8. The second-order valence-electron chi connectivity index (χ2n) is 3.22. The normalized spacial score (nSPS) is 10.9. The third kappa shape index (κ3) is 3.37. The van der Waals surface area contributed by atoms with Crippen LogP contribution in [0.2, 0.25) is 0 Å². The van der Waals surface area contributed by atoms with Crippen molar-refractivity contribution in [1.82, 2.24) is 9.99 Å². The average Bonchev–Trinajstić information content (AvgIpc) is 2.35. The van der Waals surface area contributed by atoms with E-state index in [1.165, 1.54) is 14.0 Å². The third-order valence-corrected chi connectivity index (χ3v) is 1.99. The molecule has 1 aromatic heterocycles. The minimum absolute atomic E-state index is 0.509. The summed E-state index contributed by atoms with van der Waals surface area (Å²) in [6.07, 6.45) is 2.39. The summed E-state index contributed by atoms with van der Waals surface area (Å²) in [6, 6.07) is 3.46. The average molecular weight is 235 g/mol. The van der Waals surface area contributed by atoms with Gasteiger partial charge < -0.3 is 4.74 Å². The summed E-state index contributed by atoms with van der Waals surface area (Å²) < 4.78 is 4.46. The van der Waals surface area contributed by atoms with Gasteiger partial charge in [-0.05, 0) is 19.1 Å². The van der Waals surface area contributed by atoms with Crippen molar-refractivity contribution in [3.05, 3.63) is 30.1 Å². The van der Waals surface area contributed by atoms with Crippen molar-refractivity contribution >= 4 is 17.7 Å². The SMILES string of the molecule is COC(=O)N(N=C(C)c1ccncc1)C(C)=O. The van der Waals surface area contributed by atoms with E-state index < -0.39 is 12.0 Å². The Bertz CT molecular complexity index is 443. The number of hydrogen-bond acceptors (Lipinski definition) is 5. The zero-order valence-electron chi connectivity index (χ0n) is 9.88.